The number of halogens is 1. The molecule has 1 heteroatoms. The molecule has 168 valence electrons. The Labute approximate surface area is 185 Å². The van der Waals surface area contributed by atoms with Gasteiger partial charge in [0.2, 0.25) is 0 Å². The smallest absolute Gasteiger partial charge is 0.126 e. The van der Waals surface area contributed by atoms with Crippen LogP contribution in [0, 0.1) is 29.5 Å². The van der Waals surface area contributed by atoms with Crippen LogP contribution in [0.15, 0.2) is 12.1 Å². The van der Waals surface area contributed by atoms with Gasteiger partial charge in [-0.1, -0.05) is 71.3 Å². The lowest BCUT2D eigenvalue weighted by Gasteiger charge is -2.42. The number of hydrogen-bond acceptors (Lipinski definition) is 0. The van der Waals surface area contributed by atoms with Crippen molar-refractivity contribution in [2.24, 2.45) is 23.7 Å². The molecule has 2 fully saturated rings. The van der Waals surface area contributed by atoms with Gasteiger partial charge in [0.05, 0.1) is 0 Å². The fourth-order valence-electron chi connectivity index (χ4n) is 7.23. The van der Waals surface area contributed by atoms with Gasteiger partial charge in [-0.05, 0) is 104 Å². The van der Waals surface area contributed by atoms with Crippen molar-refractivity contribution in [1.82, 2.24) is 0 Å². The van der Waals surface area contributed by atoms with Crippen molar-refractivity contribution < 1.29 is 4.39 Å². The zero-order valence-electron chi connectivity index (χ0n) is 19.7. The first-order chi connectivity index (χ1) is 14.7. The lowest BCUT2D eigenvalue weighted by molar-refractivity contribution is 0.112. The Morgan fingerprint density at radius 3 is 2.43 bits per heavy atom. The van der Waals surface area contributed by atoms with E-state index >= 15 is 4.39 Å². The van der Waals surface area contributed by atoms with Crippen molar-refractivity contribution in [1.29, 1.82) is 0 Å². The minimum Gasteiger partial charge on any atom is -0.207 e. The highest BCUT2D eigenvalue weighted by molar-refractivity contribution is 5.37. The highest BCUT2D eigenvalue weighted by Crippen LogP contribution is 2.49. The maximum absolute atomic E-state index is 15.2. The quantitative estimate of drug-likeness (QED) is 0.374. The Morgan fingerprint density at radius 2 is 1.60 bits per heavy atom. The van der Waals surface area contributed by atoms with Gasteiger partial charge >= 0.3 is 0 Å². The second kappa shape index (κ2) is 10.6. The summed E-state index contributed by atoms with van der Waals surface area (Å²) in [7, 11) is 0. The summed E-state index contributed by atoms with van der Waals surface area (Å²) >= 11 is 0. The van der Waals surface area contributed by atoms with Crippen LogP contribution in [-0.4, -0.2) is 0 Å². The summed E-state index contributed by atoms with van der Waals surface area (Å²) in [5.74, 6) is 4.14. The van der Waals surface area contributed by atoms with Crippen LogP contribution in [0.5, 0.6) is 0 Å². The van der Waals surface area contributed by atoms with Crippen LogP contribution in [-0.2, 0) is 12.8 Å². The first-order valence-corrected chi connectivity index (χ1v) is 13.5. The fourth-order valence-corrected chi connectivity index (χ4v) is 7.23. The van der Waals surface area contributed by atoms with Crippen molar-refractivity contribution >= 4 is 0 Å². The standard InChI is InChI=1S/C29H45F/c1-3-5-6-7-9-22-11-12-24-18-26(15-14-23(24)16-22)28-19-25-13-10-21(8-4-2)17-27(25)20-29(28)30/h19-24,26H,3-18H2,1-2H3. The number of fused-ring (bicyclic) bond motifs is 2. The molecule has 0 aromatic heterocycles. The molecule has 1 aromatic rings. The van der Waals surface area contributed by atoms with Gasteiger partial charge < -0.3 is 0 Å². The van der Waals surface area contributed by atoms with Gasteiger partial charge in [-0.25, -0.2) is 4.39 Å². The van der Waals surface area contributed by atoms with Gasteiger partial charge in [-0.2, -0.15) is 0 Å². The summed E-state index contributed by atoms with van der Waals surface area (Å²) in [4.78, 5) is 0. The predicted molar refractivity (Wildman–Crippen MR) is 126 cm³/mol. The van der Waals surface area contributed by atoms with E-state index in [0.717, 1.165) is 35.7 Å². The molecule has 2 saturated carbocycles. The molecule has 0 saturated heterocycles. The lowest BCUT2D eigenvalue weighted by atomic mass is 9.63. The van der Waals surface area contributed by atoms with E-state index in [1.807, 2.05) is 6.07 Å². The molecule has 4 rings (SSSR count). The molecule has 5 atom stereocenters. The third-order valence-corrected chi connectivity index (χ3v) is 8.97. The molecule has 0 heterocycles. The Bertz CT molecular complexity index is 677. The van der Waals surface area contributed by atoms with Crippen LogP contribution in [0.4, 0.5) is 4.39 Å². The number of rotatable bonds is 8. The van der Waals surface area contributed by atoms with Gasteiger partial charge in [-0.15, -0.1) is 0 Å². The second-order valence-electron chi connectivity index (χ2n) is 11.1. The molecule has 1 aromatic carbocycles. The topological polar surface area (TPSA) is 0 Å². The zero-order chi connectivity index (χ0) is 20.9. The molecule has 0 radical (unpaired) electrons. The number of unbranched alkanes of at least 4 members (excludes halogenated alkanes) is 3. The van der Waals surface area contributed by atoms with Crippen molar-refractivity contribution in [3.05, 3.63) is 34.6 Å². The van der Waals surface area contributed by atoms with Crippen LogP contribution >= 0.6 is 0 Å². The van der Waals surface area contributed by atoms with E-state index in [1.54, 1.807) is 0 Å². The highest BCUT2D eigenvalue weighted by Gasteiger charge is 2.36. The van der Waals surface area contributed by atoms with Crippen molar-refractivity contribution in [3.8, 4) is 0 Å². The van der Waals surface area contributed by atoms with Crippen LogP contribution < -0.4 is 0 Å². The monoisotopic (exact) mass is 412 g/mol. The molecule has 0 bridgehead atoms. The van der Waals surface area contributed by atoms with Crippen LogP contribution in [0.1, 0.15) is 126 Å². The lowest BCUT2D eigenvalue weighted by Crippen LogP contribution is -2.31. The molecule has 30 heavy (non-hydrogen) atoms. The molecule has 3 aliphatic rings. The summed E-state index contributed by atoms with van der Waals surface area (Å²) in [5, 5.41) is 0. The average molecular weight is 413 g/mol. The molecule has 5 unspecified atom stereocenters. The van der Waals surface area contributed by atoms with E-state index in [1.165, 1.54) is 107 Å². The summed E-state index contributed by atoms with van der Waals surface area (Å²) in [6.07, 6.45) is 21.4. The zero-order valence-corrected chi connectivity index (χ0v) is 19.7. The first kappa shape index (κ1) is 22.3. The molecule has 0 aliphatic heterocycles. The van der Waals surface area contributed by atoms with E-state index in [0.29, 0.717) is 5.92 Å². The largest absolute Gasteiger partial charge is 0.207 e. The third kappa shape index (κ3) is 5.31. The van der Waals surface area contributed by atoms with E-state index < -0.39 is 0 Å². The van der Waals surface area contributed by atoms with Gasteiger partial charge in [0, 0.05) is 0 Å². The van der Waals surface area contributed by atoms with Crippen molar-refractivity contribution in [3.63, 3.8) is 0 Å². The van der Waals surface area contributed by atoms with Gasteiger partial charge in [0.25, 0.3) is 0 Å². The van der Waals surface area contributed by atoms with Crippen molar-refractivity contribution in [2.75, 3.05) is 0 Å². The van der Waals surface area contributed by atoms with E-state index in [2.05, 4.69) is 19.9 Å². The van der Waals surface area contributed by atoms with E-state index in [-0.39, 0.29) is 5.82 Å². The molecule has 0 spiro atoms. The maximum Gasteiger partial charge on any atom is 0.126 e. The average Bonchev–Trinajstić information content (AvgIpc) is 2.76. The van der Waals surface area contributed by atoms with Crippen LogP contribution in [0.25, 0.3) is 0 Å². The third-order valence-electron chi connectivity index (χ3n) is 8.97. The molecule has 0 N–H and O–H groups in total. The summed E-state index contributed by atoms with van der Waals surface area (Å²) in [5.41, 5.74) is 3.86. The maximum atomic E-state index is 15.2. The number of hydrogen-bond donors (Lipinski definition) is 0. The molecular weight excluding hydrogens is 367 g/mol. The summed E-state index contributed by atoms with van der Waals surface area (Å²) in [6, 6.07) is 4.24. The Kier molecular flexibility index (Phi) is 7.93. The molecule has 3 aliphatic carbocycles. The molecule has 0 amide bonds. The van der Waals surface area contributed by atoms with Crippen molar-refractivity contribution in [2.45, 2.75) is 122 Å². The number of aryl methyl sites for hydroxylation is 1. The summed E-state index contributed by atoms with van der Waals surface area (Å²) < 4.78 is 15.2. The van der Waals surface area contributed by atoms with Gasteiger partial charge in [0.15, 0.2) is 0 Å². The van der Waals surface area contributed by atoms with Crippen LogP contribution in [0.3, 0.4) is 0 Å². The fraction of sp³-hybridized carbons (Fsp3) is 0.793. The molecular formula is C29H45F. The summed E-state index contributed by atoms with van der Waals surface area (Å²) in [6.45, 7) is 4.58. The Hall–Kier alpha value is -0.850. The first-order valence-electron chi connectivity index (χ1n) is 13.5. The Balaban J connectivity index is 1.34. The van der Waals surface area contributed by atoms with Gasteiger partial charge in [-0.3, -0.25) is 0 Å². The normalized spacial score (nSPS) is 31.2. The minimum atomic E-state index is 0.110. The Morgan fingerprint density at radius 1 is 0.767 bits per heavy atom. The minimum absolute atomic E-state index is 0.110. The van der Waals surface area contributed by atoms with Crippen LogP contribution in [0.2, 0.25) is 0 Å². The SMILES string of the molecule is CCCCCCC1CCC2CC(c3cc4c(cc3F)CC(CCC)CC4)CCC2C1. The molecule has 0 nitrogen and oxygen atoms in total. The van der Waals surface area contributed by atoms with E-state index in [4.69, 9.17) is 0 Å². The van der Waals surface area contributed by atoms with E-state index in [9.17, 15) is 0 Å². The van der Waals surface area contributed by atoms with Gasteiger partial charge in [0.1, 0.15) is 5.82 Å². The second-order valence-corrected chi connectivity index (χ2v) is 11.1. The predicted octanol–water partition coefficient (Wildman–Crippen LogP) is 9.00. The number of benzene rings is 1. The highest BCUT2D eigenvalue weighted by atomic mass is 19.1.